The lowest BCUT2D eigenvalue weighted by atomic mass is 10.0. The van der Waals surface area contributed by atoms with Gasteiger partial charge in [0.2, 0.25) is 0 Å². The smallest absolute Gasteiger partial charge is 0.260 e. The quantitative estimate of drug-likeness (QED) is 0.443. The van der Waals surface area contributed by atoms with Gasteiger partial charge >= 0.3 is 0 Å². The fourth-order valence-corrected chi connectivity index (χ4v) is 4.76. The van der Waals surface area contributed by atoms with Crippen LogP contribution in [0, 0.1) is 13.8 Å². The molecule has 2 heterocycles. The number of ether oxygens (including phenoxy) is 2. The van der Waals surface area contributed by atoms with Gasteiger partial charge in [-0.05, 0) is 54.8 Å². The highest BCUT2D eigenvalue weighted by Crippen LogP contribution is 2.37. The minimum atomic E-state index is -0.137. The van der Waals surface area contributed by atoms with E-state index >= 15 is 0 Å². The van der Waals surface area contributed by atoms with Crippen molar-refractivity contribution in [2.24, 2.45) is 0 Å². The highest BCUT2D eigenvalue weighted by Gasteiger charge is 2.17. The highest BCUT2D eigenvalue weighted by atomic mass is 35.5. The third-order valence-corrected chi connectivity index (χ3v) is 6.48. The summed E-state index contributed by atoms with van der Waals surface area (Å²) in [5.74, 6) is 1.92. The van der Waals surface area contributed by atoms with Crippen LogP contribution in [0.5, 0.6) is 11.5 Å². The van der Waals surface area contributed by atoms with Crippen molar-refractivity contribution in [2.75, 3.05) is 14.2 Å². The van der Waals surface area contributed by atoms with E-state index in [1.54, 1.807) is 14.2 Å². The Morgan fingerprint density at radius 1 is 1.07 bits per heavy atom. The van der Waals surface area contributed by atoms with Crippen molar-refractivity contribution in [3.63, 3.8) is 0 Å². The molecule has 2 aromatic heterocycles. The number of aromatic nitrogens is 2. The average Bonchev–Trinajstić information content (AvgIpc) is 3.06. The van der Waals surface area contributed by atoms with Gasteiger partial charge in [-0.15, -0.1) is 11.3 Å². The van der Waals surface area contributed by atoms with Crippen LogP contribution in [0.25, 0.3) is 21.3 Å². The second kappa shape index (κ2) is 8.13. The maximum absolute atomic E-state index is 13.0. The minimum Gasteiger partial charge on any atom is -0.493 e. The first kappa shape index (κ1) is 20.4. The molecule has 4 aromatic rings. The summed E-state index contributed by atoms with van der Waals surface area (Å²) in [7, 11) is 3.20. The van der Waals surface area contributed by atoms with E-state index in [4.69, 9.17) is 26.1 Å². The number of H-pyrrole nitrogens is 1. The number of nitrogens with zero attached hydrogens (tertiary/aromatic N) is 1. The van der Waals surface area contributed by atoms with Gasteiger partial charge in [-0.2, -0.15) is 0 Å². The summed E-state index contributed by atoms with van der Waals surface area (Å²) in [6, 6.07) is 11.5. The Balaban J connectivity index is 1.77. The maximum Gasteiger partial charge on any atom is 0.260 e. The summed E-state index contributed by atoms with van der Waals surface area (Å²) >= 11 is 7.70. The number of hydrogen-bond acceptors (Lipinski definition) is 5. The number of hydrogen-bond donors (Lipinski definition) is 1. The van der Waals surface area contributed by atoms with Crippen molar-refractivity contribution >= 4 is 33.2 Å². The Bertz CT molecular complexity index is 1310. The van der Waals surface area contributed by atoms with E-state index in [9.17, 15) is 4.79 Å². The van der Waals surface area contributed by atoms with Crippen molar-refractivity contribution in [1.82, 2.24) is 9.97 Å². The van der Waals surface area contributed by atoms with Crippen LogP contribution in [0.4, 0.5) is 0 Å². The van der Waals surface area contributed by atoms with E-state index in [2.05, 4.69) is 4.98 Å². The zero-order chi connectivity index (χ0) is 21.4. The summed E-state index contributed by atoms with van der Waals surface area (Å²) in [5, 5.41) is 1.33. The molecule has 0 amide bonds. The molecule has 0 aliphatic heterocycles. The molecule has 0 saturated heterocycles. The van der Waals surface area contributed by atoms with E-state index in [-0.39, 0.29) is 5.56 Å². The number of aryl methyl sites for hydroxylation is 2. The van der Waals surface area contributed by atoms with E-state index in [1.807, 2.05) is 50.2 Å². The van der Waals surface area contributed by atoms with Crippen molar-refractivity contribution in [3.8, 4) is 22.6 Å². The lowest BCUT2D eigenvalue weighted by molar-refractivity contribution is 0.354. The standard InChI is InChI=1S/C23H21ClN2O3S/c1-12-9-15(6-7-16(12)24)20-13(2)30-23-21(20)22(27)25-19(26-23)11-14-5-8-17(28-3)18(10-14)29-4/h5-10H,11H2,1-4H3,(H,25,26,27). The molecule has 0 unspecified atom stereocenters. The molecule has 0 spiro atoms. The zero-order valence-electron chi connectivity index (χ0n) is 17.1. The van der Waals surface area contributed by atoms with Gasteiger partial charge in [0.15, 0.2) is 11.5 Å². The van der Waals surface area contributed by atoms with Crippen molar-refractivity contribution < 1.29 is 9.47 Å². The molecule has 154 valence electrons. The lowest BCUT2D eigenvalue weighted by Crippen LogP contribution is -2.12. The first-order chi connectivity index (χ1) is 14.4. The van der Waals surface area contributed by atoms with E-state index in [1.165, 1.54) is 11.3 Å². The summed E-state index contributed by atoms with van der Waals surface area (Å²) in [6.07, 6.45) is 0.484. The van der Waals surface area contributed by atoms with Gasteiger partial charge in [0.1, 0.15) is 10.7 Å². The number of aromatic amines is 1. The van der Waals surface area contributed by atoms with Gasteiger partial charge in [-0.25, -0.2) is 4.98 Å². The summed E-state index contributed by atoms with van der Waals surface area (Å²) in [6.45, 7) is 3.97. The molecule has 1 N–H and O–H groups in total. The summed E-state index contributed by atoms with van der Waals surface area (Å²) in [4.78, 5) is 22.5. The minimum absolute atomic E-state index is 0.137. The monoisotopic (exact) mass is 440 g/mol. The molecule has 0 aliphatic rings. The zero-order valence-corrected chi connectivity index (χ0v) is 18.7. The van der Waals surface area contributed by atoms with Gasteiger partial charge in [0.25, 0.3) is 5.56 Å². The summed E-state index contributed by atoms with van der Waals surface area (Å²) in [5.41, 5.74) is 3.70. The number of thiophene rings is 1. The fraction of sp³-hybridized carbons (Fsp3) is 0.217. The molecule has 4 rings (SSSR count). The Labute approximate surface area is 183 Å². The molecule has 7 heteroatoms. The maximum atomic E-state index is 13.0. The molecule has 0 saturated carbocycles. The van der Waals surface area contributed by atoms with E-state index in [0.717, 1.165) is 32.0 Å². The molecule has 30 heavy (non-hydrogen) atoms. The number of benzene rings is 2. The number of methoxy groups -OCH3 is 2. The van der Waals surface area contributed by atoms with Crippen LogP contribution >= 0.6 is 22.9 Å². The topological polar surface area (TPSA) is 64.2 Å². The largest absolute Gasteiger partial charge is 0.493 e. The molecule has 0 radical (unpaired) electrons. The number of nitrogens with one attached hydrogen (secondary N) is 1. The van der Waals surface area contributed by atoms with E-state index in [0.29, 0.717) is 34.2 Å². The summed E-state index contributed by atoms with van der Waals surface area (Å²) < 4.78 is 10.7. The van der Waals surface area contributed by atoms with Crippen LogP contribution in [0.15, 0.2) is 41.2 Å². The third kappa shape index (κ3) is 3.68. The first-order valence-corrected chi connectivity index (χ1v) is 10.6. The molecule has 5 nitrogen and oxygen atoms in total. The Morgan fingerprint density at radius 3 is 2.53 bits per heavy atom. The van der Waals surface area contributed by atoms with E-state index < -0.39 is 0 Å². The SMILES string of the molecule is COc1ccc(Cc2nc3sc(C)c(-c4ccc(Cl)c(C)c4)c3c(=O)[nH]2)cc1OC. The molecular formula is C23H21ClN2O3S. The first-order valence-electron chi connectivity index (χ1n) is 9.41. The molecule has 0 fully saturated rings. The normalized spacial score (nSPS) is 11.1. The molecule has 0 aliphatic carbocycles. The Morgan fingerprint density at radius 2 is 1.83 bits per heavy atom. The average molecular weight is 441 g/mol. The molecule has 0 bridgehead atoms. The van der Waals surface area contributed by atoms with Crippen molar-refractivity contribution in [1.29, 1.82) is 0 Å². The second-order valence-electron chi connectivity index (χ2n) is 7.06. The van der Waals surface area contributed by atoms with Crippen LogP contribution in [-0.2, 0) is 6.42 Å². The van der Waals surface area contributed by atoms with Gasteiger partial charge in [0, 0.05) is 21.9 Å². The predicted octanol–water partition coefficient (Wildman–Crippen LogP) is 5.53. The fourth-order valence-electron chi connectivity index (χ4n) is 3.58. The molecular weight excluding hydrogens is 420 g/mol. The highest BCUT2D eigenvalue weighted by molar-refractivity contribution is 7.19. The van der Waals surface area contributed by atoms with Crippen LogP contribution in [0.3, 0.4) is 0 Å². The van der Waals surface area contributed by atoms with Gasteiger partial charge < -0.3 is 14.5 Å². The van der Waals surface area contributed by atoms with Gasteiger partial charge in [-0.1, -0.05) is 23.7 Å². The predicted molar refractivity (Wildman–Crippen MR) is 123 cm³/mol. The molecule has 0 atom stereocenters. The Kier molecular flexibility index (Phi) is 5.54. The number of fused-ring (bicyclic) bond motifs is 1. The van der Waals surface area contributed by atoms with Gasteiger partial charge in [-0.3, -0.25) is 4.79 Å². The number of rotatable bonds is 5. The van der Waals surface area contributed by atoms with Crippen LogP contribution in [-0.4, -0.2) is 24.2 Å². The van der Waals surface area contributed by atoms with Crippen molar-refractivity contribution in [2.45, 2.75) is 20.3 Å². The third-order valence-electron chi connectivity index (χ3n) is 5.05. The van der Waals surface area contributed by atoms with Gasteiger partial charge in [0.05, 0.1) is 19.6 Å². The van der Waals surface area contributed by atoms with Crippen LogP contribution in [0.2, 0.25) is 5.02 Å². The van der Waals surface area contributed by atoms with Crippen molar-refractivity contribution in [3.05, 3.63) is 73.6 Å². The lowest BCUT2D eigenvalue weighted by Gasteiger charge is -2.09. The Hall–Kier alpha value is -2.83. The van der Waals surface area contributed by atoms with Crippen LogP contribution in [0.1, 0.15) is 21.8 Å². The molecule has 2 aromatic carbocycles. The second-order valence-corrected chi connectivity index (χ2v) is 8.67. The van der Waals surface area contributed by atoms with Crippen LogP contribution < -0.4 is 15.0 Å². The number of halogens is 1.